The van der Waals surface area contributed by atoms with Crippen molar-refractivity contribution in [1.29, 1.82) is 0 Å². The topological polar surface area (TPSA) is 80.8 Å². The number of alkyl halides is 3. The van der Waals surface area contributed by atoms with E-state index in [2.05, 4.69) is 31.8 Å². The highest BCUT2D eigenvalue weighted by Gasteiger charge is 2.30. The number of aromatic amines is 1. The van der Waals surface area contributed by atoms with Gasteiger partial charge in [-0.2, -0.15) is 18.2 Å². The molecule has 1 aliphatic rings. The minimum Gasteiger partial charge on any atom is -0.486 e. The molecule has 2 heterocycles. The summed E-state index contributed by atoms with van der Waals surface area (Å²) in [4.78, 5) is 27.5. The Kier molecular flexibility index (Phi) is 8.17. The number of hydrogen-bond donors (Lipinski definition) is 1. The molecule has 1 saturated carbocycles. The standard InChI is InChI=1S/C30H24ClF3N4O2/c31-24-7-4-8-25(40-18-23-16-15-22(17-35-23)30(32,33)34)26(24)28-36-27(37-29(39)38-28)21-13-11-20(12-14-21)10-9-19-5-2-1-3-6-19/h4,7-8,11-17,19H,1-3,5-6,18H2,(H,36,37,38,39). The average molecular weight is 565 g/mol. The van der Waals surface area contributed by atoms with Crippen LogP contribution in [-0.2, 0) is 12.8 Å². The summed E-state index contributed by atoms with van der Waals surface area (Å²) in [6.07, 6.45) is 2.29. The highest BCUT2D eigenvalue weighted by atomic mass is 35.5. The minimum atomic E-state index is -4.48. The lowest BCUT2D eigenvalue weighted by Gasteiger charge is -2.15. The van der Waals surface area contributed by atoms with Gasteiger partial charge in [-0.15, -0.1) is 0 Å². The molecule has 2 aromatic carbocycles. The van der Waals surface area contributed by atoms with Crippen LogP contribution in [0.25, 0.3) is 22.8 Å². The van der Waals surface area contributed by atoms with E-state index in [0.29, 0.717) is 17.0 Å². The van der Waals surface area contributed by atoms with Crippen LogP contribution in [0.2, 0.25) is 5.02 Å². The molecule has 6 nitrogen and oxygen atoms in total. The number of pyridine rings is 1. The first-order chi connectivity index (χ1) is 19.3. The number of halogens is 4. The molecule has 0 spiro atoms. The van der Waals surface area contributed by atoms with Crippen molar-refractivity contribution in [3.05, 3.63) is 93.1 Å². The number of rotatable bonds is 5. The summed E-state index contributed by atoms with van der Waals surface area (Å²) >= 11 is 6.47. The largest absolute Gasteiger partial charge is 0.486 e. The van der Waals surface area contributed by atoms with Crippen LogP contribution in [0.4, 0.5) is 13.2 Å². The summed E-state index contributed by atoms with van der Waals surface area (Å²) in [6, 6.07) is 14.4. The van der Waals surface area contributed by atoms with Gasteiger partial charge in [0.05, 0.1) is 21.8 Å². The van der Waals surface area contributed by atoms with E-state index in [0.717, 1.165) is 30.7 Å². The van der Waals surface area contributed by atoms with E-state index in [1.165, 1.54) is 25.3 Å². The van der Waals surface area contributed by atoms with Crippen molar-refractivity contribution >= 4 is 11.6 Å². The molecule has 40 heavy (non-hydrogen) atoms. The van der Waals surface area contributed by atoms with Gasteiger partial charge in [-0.05, 0) is 61.4 Å². The molecule has 1 fully saturated rings. The second-order valence-electron chi connectivity index (χ2n) is 9.45. The lowest BCUT2D eigenvalue weighted by molar-refractivity contribution is -0.137. The third-order valence-electron chi connectivity index (χ3n) is 6.56. The predicted molar refractivity (Wildman–Crippen MR) is 146 cm³/mol. The van der Waals surface area contributed by atoms with Gasteiger partial charge in [0.2, 0.25) is 0 Å². The summed E-state index contributed by atoms with van der Waals surface area (Å²) in [5.74, 6) is 7.64. The van der Waals surface area contributed by atoms with Crippen LogP contribution < -0.4 is 10.4 Å². The molecule has 5 rings (SSSR count). The maximum absolute atomic E-state index is 12.8. The number of nitrogens with one attached hydrogen (secondary N) is 1. The summed E-state index contributed by atoms with van der Waals surface area (Å²) in [6.45, 7) is -0.128. The van der Waals surface area contributed by atoms with Gasteiger partial charge in [0.25, 0.3) is 0 Å². The van der Waals surface area contributed by atoms with Crippen molar-refractivity contribution in [1.82, 2.24) is 19.9 Å². The number of aromatic nitrogens is 4. The molecular formula is C30H24ClF3N4O2. The van der Waals surface area contributed by atoms with Crippen LogP contribution >= 0.6 is 11.6 Å². The Hall–Kier alpha value is -4.16. The summed E-state index contributed by atoms with van der Waals surface area (Å²) < 4.78 is 44.3. The van der Waals surface area contributed by atoms with E-state index in [4.69, 9.17) is 16.3 Å². The Balaban J connectivity index is 1.38. The quantitative estimate of drug-likeness (QED) is 0.262. The smallest absolute Gasteiger partial charge is 0.417 e. The van der Waals surface area contributed by atoms with Crippen molar-refractivity contribution in [3.8, 4) is 40.4 Å². The van der Waals surface area contributed by atoms with Gasteiger partial charge < -0.3 is 4.74 Å². The van der Waals surface area contributed by atoms with Crippen molar-refractivity contribution in [2.24, 2.45) is 5.92 Å². The predicted octanol–water partition coefficient (Wildman–Crippen LogP) is 7.08. The van der Waals surface area contributed by atoms with Gasteiger partial charge >= 0.3 is 11.9 Å². The Bertz CT molecular complexity index is 1600. The SMILES string of the molecule is O=c1nc(-c2ccc(C#CC3CCCCC3)cc2)nc(-c2c(Cl)cccc2OCc2ccc(C(F)(F)F)cn2)[nH]1. The zero-order valence-corrected chi connectivity index (χ0v) is 22.0. The van der Waals surface area contributed by atoms with E-state index in [1.807, 2.05) is 24.3 Å². The number of H-pyrrole nitrogens is 1. The molecule has 204 valence electrons. The molecule has 1 N–H and O–H groups in total. The van der Waals surface area contributed by atoms with Crippen LogP contribution in [0.3, 0.4) is 0 Å². The van der Waals surface area contributed by atoms with E-state index >= 15 is 0 Å². The van der Waals surface area contributed by atoms with Crippen LogP contribution in [0.5, 0.6) is 5.75 Å². The lowest BCUT2D eigenvalue weighted by Crippen LogP contribution is -2.15. The van der Waals surface area contributed by atoms with E-state index in [-0.39, 0.29) is 34.7 Å². The maximum Gasteiger partial charge on any atom is 0.417 e. The molecule has 1 aliphatic carbocycles. The highest BCUT2D eigenvalue weighted by Crippen LogP contribution is 2.35. The van der Waals surface area contributed by atoms with Gasteiger partial charge in [-0.1, -0.05) is 48.8 Å². The number of hydrogen-bond acceptors (Lipinski definition) is 5. The van der Waals surface area contributed by atoms with E-state index in [9.17, 15) is 18.0 Å². The molecule has 0 unspecified atom stereocenters. The Morgan fingerprint density at radius 3 is 2.48 bits per heavy atom. The summed E-state index contributed by atoms with van der Waals surface area (Å²) in [7, 11) is 0. The Labute approximate surface area is 233 Å². The molecule has 0 amide bonds. The van der Waals surface area contributed by atoms with Crippen LogP contribution in [0.15, 0.2) is 65.6 Å². The third-order valence-corrected chi connectivity index (χ3v) is 6.87. The Morgan fingerprint density at radius 1 is 1.00 bits per heavy atom. The zero-order valence-electron chi connectivity index (χ0n) is 21.3. The fourth-order valence-electron chi connectivity index (χ4n) is 4.45. The van der Waals surface area contributed by atoms with Gasteiger partial charge in [0, 0.05) is 23.2 Å². The van der Waals surface area contributed by atoms with Crippen LogP contribution in [0, 0.1) is 17.8 Å². The number of nitrogens with zero attached hydrogens (tertiary/aromatic N) is 3. The molecule has 4 aromatic rings. The average Bonchev–Trinajstić information content (AvgIpc) is 2.95. The van der Waals surface area contributed by atoms with Crippen LogP contribution in [0.1, 0.15) is 48.9 Å². The number of benzene rings is 2. The first kappa shape index (κ1) is 27.4. The first-order valence-corrected chi connectivity index (χ1v) is 13.2. The van der Waals surface area contributed by atoms with Crippen molar-refractivity contribution in [2.45, 2.75) is 44.9 Å². The molecule has 0 saturated heterocycles. The normalized spacial score (nSPS) is 13.9. The molecule has 0 atom stereocenters. The maximum atomic E-state index is 12.8. The third kappa shape index (κ3) is 6.69. The van der Waals surface area contributed by atoms with Crippen molar-refractivity contribution in [3.63, 3.8) is 0 Å². The molecule has 0 radical (unpaired) electrons. The van der Waals surface area contributed by atoms with Crippen molar-refractivity contribution in [2.75, 3.05) is 0 Å². The fourth-order valence-corrected chi connectivity index (χ4v) is 4.71. The van der Waals surface area contributed by atoms with Crippen LogP contribution in [-0.4, -0.2) is 19.9 Å². The highest BCUT2D eigenvalue weighted by molar-refractivity contribution is 6.33. The second kappa shape index (κ2) is 11.9. The van der Waals surface area contributed by atoms with Gasteiger partial charge in [-0.25, -0.2) is 9.78 Å². The fraction of sp³-hybridized carbons (Fsp3) is 0.267. The molecule has 2 aromatic heterocycles. The molecule has 0 bridgehead atoms. The number of ether oxygens (including phenoxy) is 1. The monoisotopic (exact) mass is 564 g/mol. The lowest BCUT2D eigenvalue weighted by atomic mass is 9.89. The van der Waals surface area contributed by atoms with E-state index in [1.54, 1.807) is 18.2 Å². The minimum absolute atomic E-state index is 0.128. The molecule has 10 heteroatoms. The van der Waals surface area contributed by atoms with Gasteiger partial charge in [0.1, 0.15) is 18.2 Å². The molecule has 0 aliphatic heterocycles. The van der Waals surface area contributed by atoms with Crippen molar-refractivity contribution < 1.29 is 17.9 Å². The zero-order chi connectivity index (χ0) is 28.1. The first-order valence-electron chi connectivity index (χ1n) is 12.8. The second-order valence-corrected chi connectivity index (χ2v) is 9.85. The Morgan fingerprint density at radius 2 is 1.77 bits per heavy atom. The summed E-state index contributed by atoms with van der Waals surface area (Å²) in [5.41, 5.74) is 0.609. The molecular weight excluding hydrogens is 541 g/mol. The van der Waals surface area contributed by atoms with Gasteiger partial charge in [-0.3, -0.25) is 9.97 Å². The van der Waals surface area contributed by atoms with Gasteiger partial charge in [0.15, 0.2) is 5.82 Å². The van der Waals surface area contributed by atoms with E-state index < -0.39 is 17.4 Å². The summed E-state index contributed by atoms with van der Waals surface area (Å²) in [5, 5.41) is 0.256.